The number of phenols is 1. The summed E-state index contributed by atoms with van der Waals surface area (Å²) < 4.78 is 5.13. The number of aromatic hydroxyl groups is 1. The lowest BCUT2D eigenvalue weighted by Gasteiger charge is -2.07. The van der Waals surface area contributed by atoms with Gasteiger partial charge in [-0.1, -0.05) is 6.92 Å². The highest BCUT2D eigenvalue weighted by atomic mass is 16.5. The molecule has 1 aromatic rings. The average molecular weight is 220 g/mol. The summed E-state index contributed by atoms with van der Waals surface area (Å²) in [5.74, 6) is -0.450. The van der Waals surface area contributed by atoms with Crippen molar-refractivity contribution in [2.45, 2.75) is 19.4 Å². The summed E-state index contributed by atoms with van der Waals surface area (Å²) in [5.41, 5.74) is 1.64. The first-order valence-corrected chi connectivity index (χ1v) is 5.06. The number of hydrogen-bond acceptors (Lipinski definition) is 4. The van der Waals surface area contributed by atoms with Gasteiger partial charge in [0.1, 0.15) is 11.9 Å². The zero-order valence-corrected chi connectivity index (χ0v) is 8.80. The third kappa shape index (κ3) is 1.52. The molecule has 0 spiro atoms. The van der Waals surface area contributed by atoms with Crippen LogP contribution < -0.4 is 0 Å². The van der Waals surface area contributed by atoms with E-state index in [4.69, 9.17) is 9.84 Å². The molecule has 0 fully saturated rings. The zero-order chi connectivity index (χ0) is 11.7. The second-order valence-electron chi connectivity index (χ2n) is 3.62. The third-order valence-electron chi connectivity index (χ3n) is 2.64. The number of hydrogen-bond donors (Lipinski definition) is 2. The van der Waals surface area contributed by atoms with Gasteiger partial charge in [0.2, 0.25) is 0 Å². The fourth-order valence-corrected chi connectivity index (χ4v) is 1.84. The molecule has 1 aliphatic rings. The molecule has 2 rings (SSSR count). The van der Waals surface area contributed by atoms with Crippen LogP contribution in [0.4, 0.5) is 0 Å². The van der Waals surface area contributed by atoms with Gasteiger partial charge in [-0.05, 0) is 24.6 Å². The van der Waals surface area contributed by atoms with Crippen LogP contribution in [-0.4, -0.2) is 16.2 Å². The highest BCUT2D eigenvalue weighted by Gasteiger charge is 2.30. The number of carbonyl (C=O) groups is 1. The van der Waals surface area contributed by atoms with E-state index >= 15 is 0 Å². The molecule has 1 heterocycles. The van der Waals surface area contributed by atoms with Crippen molar-refractivity contribution in [1.29, 1.82) is 0 Å². The largest absolute Gasteiger partial charge is 0.516 e. The molecule has 0 saturated carbocycles. The van der Waals surface area contributed by atoms with Crippen molar-refractivity contribution >= 4 is 12.0 Å². The summed E-state index contributed by atoms with van der Waals surface area (Å²) in [5, 5.41) is 18.3. The maximum Gasteiger partial charge on any atom is 0.339 e. The van der Waals surface area contributed by atoms with E-state index in [9.17, 15) is 9.90 Å². The topological polar surface area (TPSA) is 66.8 Å². The third-order valence-corrected chi connectivity index (χ3v) is 2.64. The van der Waals surface area contributed by atoms with Gasteiger partial charge < -0.3 is 14.9 Å². The normalized spacial score (nSPS) is 18.8. The quantitative estimate of drug-likeness (QED) is 0.593. The molecule has 4 heteroatoms. The van der Waals surface area contributed by atoms with Crippen molar-refractivity contribution in [2.24, 2.45) is 0 Å². The highest BCUT2D eigenvalue weighted by Crippen LogP contribution is 2.36. The first-order chi connectivity index (χ1) is 7.67. The molecule has 0 aliphatic carbocycles. The number of benzene rings is 1. The van der Waals surface area contributed by atoms with Gasteiger partial charge in [-0.25, -0.2) is 4.79 Å². The second-order valence-corrected chi connectivity index (χ2v) is 3.62. The minimum atomic E-state index is -0.406. The summed E-state index contributed by atoms with van der Waals surface area (Å²) >= 11 is 0. The number of phenolic OH excluding ortho intramolecular Hbond substituents is 1. The summed E-state index contributed by atoms with van der Waals surface area (Å²) in [7, 11) is 0. The Balaban J connectivity index is 2.55. The van der Waals surface area contributed by atoms with Crippen LogP contribution in [0.2, 0.25) is 0 Å². The van der Waals surface area contributed by atoms with E-state index in [1.54, 1.807) is 6.07 Å². The van der Waals surface area contributed by atoms with Crippen LogP contribution in [0, 0.1) is 0 Å². The van der Waals surface area contributed by atoms with Crippen molar-refractivity contribution < 1.29 is 19.7 Å². The van der Waals surface area contributed by atoms with Crippen molar-refractivity contribution in [2.75, 3.05) is 0 Å². The number of fused-ring (bicyclic) bond motifs is 1. The Labute approximate surface area is 92.8 Å². The molecule has 0 unspecified atom stereocenters. The van der Waals surface area contributed by atoms with E-state index in [2.05, 4.69) is 0 Å². The summed E-state index contributed by atoms with van der Waals surface area (Å²) in [4.78, 5) is 11.5. The molecule has 0 saturated heterocycles. The molecule has 0 aromatic heterocycles. The lowest BCUT2D eigenvalue weighted by atomic mass is 9.99. The number of aliphatic hydroxyl groups excluding tert-OH is 1. The first kappa shape index (κ1) is 10.5. The van der Waals surface area contributed by atoms with Crippen molar-refractivity contribution in [3.63, 3.8) is 0 Å². The van der Waals surface area contributed by atoms with Gasteiger partial charge in [0.15, 0.2) is 0 Å². The summed E-state index contributed by atoms with van der Waals surface area (Å²) in [6, 6.07) is 3.04. The number of carbonyl (C=O) groups excluding carboxylic acids is 1. The van der Waals surface area contributed by atoms with Crippen LogP contribution in [0.3, 0.4) is 0 Å². The monoisotopic (exact) mass is 220 g/mol. The van der Waals surface area contributed by atoms with Gasteiger partial charge in [-0.3, -0.25) is 0 Å². The SMILES string of the molecule is CC[C@@H]1OC(=O)c2cc(O)c(/C=C/O)cc21. The standard InChI is InChI=1S/C12H12O4/c1-2-11-8-5-7(3-4-13)10(14)6-9(8)12(15)16-11/h3-6,11,13-14H,2H2,1H3/b4-3+/t11-/m0/s1. The molecule has 1 aromatic carbocycles. The Morgan fingerprint density at radius 3 is 2.88 bits per heavy atom. The zero-order valence-electron chi connectivity index (χ0n) is 8.80. The number of esters is 1. The van der Waals surface area contributed by atoms with Gasteiger partial charge in [-0.15, -0.1) is 0 Å². The molecule has 1 atom stereocenters. The van der Waals surface area contributed by atoms with Crippen molar-refractivity contribution in [3.05, 3.63) is 35.1 Å². The van der Waals surface area contributed by atoms with Gasteiger partial charge in [0, 0.05) is 11.1 Å². The summed E-state index contributed by atoms with van der Waals surface area (Å²) in [6.45, 7) is 1.92. The fourth-order valence-electron chi connectivity index (χ4n) is 1.84. The number of rotatable bonds is 2. The second kappa shape index (κ2) is 3.89. The van der Waals surface area contributed by atoms with Crippen LogP contribution in [-0.2, 0) is 4.74 Å². The van der Waals surface area contributed by atoms with E-state index in [0.29, 0.717) is 17.5 Å². The van der Waals surface area contributed by atoms with Crippen LogP contribution in [0.5, 0.6) is 5.75 Å². The van der Waals surface area contributed by atoms with Crippen LogP contribution in [0.15, 0.2) is 18.4 Å². The number of ether oxygens (including phenoxy) is 1. The molecular weight excluding hydrogens is 208 g/mol. The van der Waals surface area contributed by atoms with Gasteiger partial charge in [0.05, 0.1) is 11.8 Å². The van der Waals surface area contributed by atoms with Gasteiger partial charge >= 0.3 is 5.97 Å². The molecule has 4 nitrogen and oxygen atoms in total. The molecule has 84 valence electrons. The first-order valence-electron chi connectivity index (χ1n) is 5.06. The minimum Gasteiger partial charge on any atom is -0.516 e. The minimum absolute atomic E-state index is 0.0437. The number of aliphatic hydroxyl groups is 1. The average Bonchev–Trinajstić information content (AvgIpc) is 2.57. The Kier molecular flexibility index (Phi) is 2.56. The molecule has 0 radical (unpaired) electrons. The molecule has 0 amide bonds. The van der Waals surface area contributed by atoms with Crippen molar-refractivity contribution in [1.82, 2.24) is 0 Å². The fraction of sp³-hybridized carbons (Fsp3) is 0.250. The molecule has 16 heavy (non-hydrogen) atoms. The van der Waals surface area contributed by atoms with Crippen molar-refractivity contribution in [3.8, 4) is 5.75 Å². The smallest absolute Gasteiger partial charge is 0.339 e. The number of cyclic esters (lactones) is 1. The molecule has 0 bridgehead atoms. The summed E-state index contributed by atoms with van der Waals surface area (Å²) in [6.07, 6.45) is 2.64. The maximum atomic E-state index is 11.5. The molecule has 2 N–H and O–H groups in total. The molecule has 1 aliphatic heterocycles. The van der Waals surface area contributed by atoms with Crippen LogP contribution in [0.1, 0.15) is 40.9 Å². The lowest BCUT2D eigenvalue weighted by Crippen LogP contribution is -1.96. The predicted octanol–water partition coefficient (Wildman–Crippen LogP) is 2.54. The van der Waals surface area contributed by atoms with E-state index in [1.165, 1.54) is 12.1 Å². The lowest BCUT2D eigenvalue weighted by molar-refractivity contribution is 0.0378. The Morgan fingerprint density at radius 2 is 2.25 bits per heavy atom. The Hall–Kier alpha value is -1.97. The van der Waals surface area contributed by atoms with E-state index < -0.39 is 5.97 Å². The Bertz CT molecular complexity index is 462. The highest BCUT2D eigenvalue weighted by molar-refractivity contribution is 5.95. The van der Waals surface area contributed by atoms with Gasteiger partial charge in [-0.2, -0.15) is 0 Å². The Morgan fingerprint density at radius 1 is 1.50 bits per heavy atom. The van der Waals surface area contributed by atoms with Gasteiger partial charge in [0.25, 0.3) is 0 Å². The molecular formula is C12H12O4. The predicted molar refractivity (Wildman–Crippen MR) is 58.2 cm³/mol. The van der Waals surface area contributed by atoms with E-state index in [-0.39, 0.29) is 11.9 Å². The van der Waals surface area contributed by atoms with E-state index in [0.717, 1.165) is 11.8 Å². The van der Waals surface area contributed by atoms with E-state index in [1.807, 2.05) is 6.92 Å². The van der Waals surface area contributed by atoms with Crippen LogP contribution in [0.25, 0.3) is 6.08 Å². The maximum absolute atomic E-state index is 11.5. The van der Waals surface area contributed by atoms with Crippen LogP contribution >= 0.6 is 0 Å².